The number of benzene rings is 1. The summed E-state index contributed by atoms with van der Waals surface area (Å²) in [5.41, 5.74) is 2.23. The highest BCUT2D eigenvalue weighted by Gasteiger charge is 2.02. The van der Waals surface area contributed by atoms with Crippen LogP contribution in [-0.4, -0.2) is 28.3 Å². The zero-order valence-electron chi connectivity index (χ0n) is 12.5. The zero-order chi connectivity index (χ0) is 15.1. The third kappa shape index (κ3) is 5.04. The average molecular weight is 286 g/mol. The van der Waals surface area contributed by atoms with Gasteiger partial charge in [-0.2, -0.15) is 5.10 Å². The minimum atomic E-state index is 0.0894. The summed E-state index contributed by atoms with van der Waals surface area (Å²) in [6.07, 6.45) is 4.18. The lowest BCUT2D eigenvalue weighted by molar-refractivity contribution is -0.121. The van der Waals surface area contributed by atoms with Crippen LogP contribution in [0, 0.1) is 0 Å². The van der Waals surface area contributed by atoms with Gasteiger partial charge in [-0.1, -0.05) is 12.1 Å². The Morgan fingerprint density at radius 1 is 1.29 bits per heavy atom. The van der Waals surface area contributed by atoms with E-state index in [2.05, 4.69) is 27.9 Å². The summed E-state index contributed by atoms with van der Waals surface area (Å²) in [6, 6.07) is 10.3. The molecule has 2 N–H and O–H groups in total. The molecule has 0 aliphatic rings. The molecule has 2 aromatic rings. The maximum absolute atomic E-state index is 11.5. The fourth-order valence-electron chi connectivity index (χ4n) is 2.02. The van der Waals surface area contributed by atoms with Crippen LogP contribution in [0.4, 0.5) is 0 Å². The monoisotopic (exact) mass is 286 g/mol. The first kappa shape index (κ1) is 15.3. The van der Waals surface area contributed by atoms with Crippen molar-refractivity contribution in [1.29, 1.82) is 0 Å². The van der Waals surface area contributed by atoms with Crippen LogP contribution in [0.1, 0.15) is 25.8 Å². The highest BCUT2D eigenvalue weighted by atomic mass is 16.1. The molecule has 112 valence electrons. The molecule has 0 saturated carbocycles. The van der Waals surface area contributed by atoms with Crippen molar-refractivity contribution in [3.63, 3.8) is 0 Å². The lowest BCUT2D eigenvalue weighted by atomic mass is 10.2. The third-order valence-corrected chi connectivity index (χ3v) is 3.01. The minimum Gasteiger partial charge on any atom is -0.354 e. The van der Waals surface area contributed by atoms with Gasteiger partial charge in [0.25, 0.3) is 0 Å². The summed E-state index contributed by atoms with van der Waals surface area (Å²) in [7, 11) is 0. The molecule has 0 fully saturated rings. The van der Waals surface area contributed by atoms with Crippen LogP contribution in [0.15, 0.2) is 42.7 Å². The number of nitrogens with zero attached hydrogens (tertiary/aromatic N) is 2. The van der Waals surface area contributed by atoms with Crippen molar-refractivity contribution in [2.45, 2.75) is 32.9 Å². The quantitative estimate of drug-likeness (QED) is 0.764. The number of carbonyl (C=O) groups excluding carboxylic acids is 1. The van der Waals surface area contributed by atoms with E-state index in [9.17, 15) is 4.79 Å². The lowest BCUT2D eigenvalue weighted by Gasteiger charge is -2.09. The minimum absolute atomic E-state index is 0.0894. The van der Waals surface area contributed by atoms with Gasteiger partial charge in [-0.25, -0.2) is 4.68 Å². The third-order valence-electron chi connectivity index (χ3n) is 3.01. The average Bonchev–Trinajstić information content (AvgIpc) is 2.98. The summed E-state index contributed by atoms with van der Waals surface area (Å²) in [6.45, 7) is 5.37. The van der Waals surface area contributed by atoms with E-state index >= 15 is 0 Å². The van der Waals surface area contributed by atoms with Crippen LogP contribution in [0.5, 0.6) is 0 Å². The molecule has 0 atom stereocenters. The second kappa shape index (κ2) is 7.59. The first-order valence-corrected chi connectivity index (χ1v) is 7.24. The Kier molecular flexibility index (Phi) is 5.51. The molecular formula is C16H22N4O. The van der Waals surface area contributed by atoms with E-state index in [1.807, 2.05) is 42.9 Å². The molecule has 5 nitrogen and oxygen atoms in total. The van der Waals surface area contributed by atoms with E-state index in [1.54, 1.807) is 6.20 Å². The van der Waals surface area contributed by atoms with E-state index in [0.29, 0.717) is 13.0 Å². The molecule has 0 saturated heterocycles. The van der Waals surface area contributed by atoms with Crippen molar-refractivity contribution in [3.8, 4) is 5.69 Å². The molecule has 21 heavy (non-hydrogen) atoms. The maximum atomic E-state index is 11.5. The van der Waals surface area contributed by atoms with E-state index in [-0.39, 0.29) is 11.9 Å². The SMILES string of the molecule is CC(C)NC(=O)CCNCc1ccc(-n2cccn2)cc1. The Labute approximate surface area is 125 Å². The van der Waals surface area contributed by atoms with Crippen molar-refractivity contribution in [1.82, 2.24) is 20.4 Å². The van der Waals surface area contributed by atoms with Crippen LogP contribution < -0.4 is 10.6 Å². The van der Waals surface area contributed by atoms with Gasteiger partial charge >= 0.3 is 0 Å². The van der Waals surface area contributed by atoms with Gasteiger partial charge in [0.05, 0.1) is 5.69 Å². The largest absolute Gasteiger partial charge is 0.354 e. The number of nitrogens with one attached hydrogen (secondary N) is 2. The van der Waals surface area contributed by atoms with Gasteiger partial charge in [-0.3, -0.25) is 4.79 Å². The Morgan fingerprint density at radius 2 is 2.05 bits per heavy atom. The fourth-order valence-corrected chi connectivity index (χ4v) is 2.02. The summed E-state index contributed by atoms with van der Waals surface area (Å²) in [5.74, 6) is 0.0894. The maximum Gasteiger partial charge on any atom is 0.221 e. The van der Waals surface area contributed by atoms with Crippen molar-refractivity contribution < 1.29 is 4.79 Å². The van der Waals surface area contributed by atoms with Crippen LogP contribution in [-0.2, 0) is 11.3 Å². The second-order valence-electron chi connectivity index (χ2n) is 5.27. The molecule has 1 amide bonds. The van der Waals surface area contributed by atoms with Gasteiger partial charge in [0.15, 0.2) is 0 Å². The first-order valence-electron chi connectivity index (χ1n) is 7.24. The number of carbonyl (C=O) groups is 1. The van der Waals surface area contributed by atoms with Gasteiger partial charge in [0, 0.05) is 37.9 Å². The van der Waals surface area contributed by atoms with Crippen molar-refractivity contribution >= 4 is 5.91 Å². The molecule has 5 heteroatoms. The van der Waals surface area contributed by atoms with Crippen LogP contribution in [0.25, 0.3) is 5.69 Å². The number of aromatic nitrogens is 2. The van der Waals surface area contributed by atoms with Crippen LogP contribution in [0.3, 0.4) is 0 Å². The Hall–Kier alpha value is -2.14. The summed E-state index contributed by atoms with van der Waals surface area (Å²) in [5, 5.41) is 10.3. The molecular weight excluding hydrogens is 264 g/mol. The number of hydrogen-bond donors (Lipinski definition) is 2. The van der Waals surface area contributed by atoms with Gasteiger partial charge in [0.2, 0.25) is 5.91 Å². The van der Waals surface area contributed by atoms with Gasteiger partial charge in [0.1, 0.15) is 0 Å². The summed E-state index contributed by atoms with van der Waals surface area (Å²) >= 11 is 0. The second-order valence-corrected chi connectivity index (χ2v) is 5.27. The number of hydrogen-bond acceptors (Lipinski definition) is 3. The molecule has 0 radical (unpaired) electrons. The van der Waals surface area contributed by atoms with E-state index in [4.69, 9.17) is 0 Å². The summed E-state index contributed by atoms with van der Waals surface area (Å²) < 4.78 is 1.83. The normalized spacial score (nSPS) is 10.8. The smallest absolute Gasteiger partial charge is 0.221 e. The van der Waals surface area contributed by atoms with Crippen LogP contribution >= 0.6 is 0 Å². The van der Waals surface area contributed by atoms with Crippen molar-refractivity contribution in [2.75, 3.05) is 6.54 Å². The van der Waals surface area contributed by atoms with Crippen molar-refractivity contribution in [2.24, 2.45) is 0 Å². The topological polar surface area (TPSA) is 59.0 Å². The fraction of sp³-hybridized carbons (Fsp3) is 0.375. The molecule has 1 aromatic carbocycles. The Morgan fingerprint density at radius 3 is 2.67 bits per heavy atom. The predicted octanol–water partition coefficient (Wildman–Crippen LogP) is 1.88. The van der Waals surface area contributed by atoms with Gasteiger partial charge < -0.3 is 10.6 Å². The van der Waals surface area contributed by atoms with E-state index in [1.165, 1.54) is 5.56 Å². The summed E-state index contributed by atoms with van der Waals surface area (Å²) in [4.78, 5) is 11.5. The van der Waals surface area contributed by atoms with E-state index in [0.717, 1.165) is 12.2 Å². The Balaban J connectivity index is 1.73. The molecule has 0 aliphatic carbocycles. The predicted molar refractivity (Wildman–Crippen MR) is 83.2 cm³/mol. The highest BCUT2D eigenvalue weighted by molar-refractivity contribution is 5.76. The highest BCUT2D eigenvalue weighted by Crippen LogP contribution is 2.08. The molecule has 2 rings (SSSR count). The van der Waals surface area contributed by atoms with Crippen LogP contribution in [0.2, 0.25) is 0 Å². The molecule has 0 aliphatic heterocycles. The number of rotatable bonds is 7. The standard InChI is InChI=1S/C16H22N4O/c1-13(2)19-16(21)8-10-17-12-14-4-6-15(7-5-14)20-11-3-9-18-20/h3-7,9,11,13,17H,8,10,12H2,1-2H3,(H,19,21). The van der Waals surface area contributed by atoms with Gasteiger partial charge in [-0.15, -0.1) is 0 Å². The van der Waals surface area contributed by atoms with Gasteiger partial charge in [-0.05, 0) is 37.6 Å². The molecule has 0 unspecified atom stereocenters. The molecule has 0 spiro atoms. The molecule has 0 bridgehead atoms. The van der Waals surface area contributed by atoms with E-state index < -0.39 is 0 Å². The molecule has 1 heterocycles. The first-order chi connectivity index (χ1) is 10.1. The lowest BCUT2D eigenvalue weighted by Crippen LogP contribution is -2.32. The number of amides is 1. The Bertz CT molecular complexity index is 546. The molecule has 1 aromatic heterocycles. The zero-order valence-corrected chi connectivity index (χ0v) is 12.5. The van der Waals surface area contributed by atoms with Crippen molar-refractivity contribution in [3.05, 3.63) is 48.3 Å².